The van der Waals surface area contributed by atoms with Crippen LogP contribution < -0.4 is 4.89 Å². The molecule has 0 aliphatic carbocycles. The lowest BCUT2D eigenvalue weighted by molar-refractivity contribution is -0.870. The SMILES string of the molecule is CC/C=C\C/C=C\C/C=C\C/C=C\C/C=C\C/C=C\CCCCCCCCC(=O)OC(COCCCCCCCCCCCCCCCCCCCCCCCCCCCC)COP(=O)([O-])OCC[N+](C)(C)C. The number of ether oxygens (including phenoxy) is 2. The van der Waals surface area contributed by atoms with Gasteiger partial charge in [0, 0.05) is 13.0 Å². The monoisotopic (exact) mass is 1040 g/mol. The normalized spacial score (nSPS) is 13.9. The summed E-state index contributed by atoms with van der Waals surface area (Å²) in [5.74, 6) is -0.346. The van der Waals surface area contributed by atoms with Crippen molar-refractivity contribution in [1.82, 2.24) is 0 Å². The molecule has 0 rings (SSSR count). The van der Waals surface area contributed by atoms with Gasteiger partial charge in [0.1, 0.15) is 19.3 Å². The van der Waals surface area contributed by atoms with Crippen LogP contribution in [0.25, 0.3) is 0 Å². The van der Waals surface area contributed by atoms with Gasteiger partial charge in [0.05, 0.1) is 34.4 Å². The fourth-order valence-corrected chi connectivity index (χ4v) is 9.34. The van der Waals surface area contributed by atoms with E-state index in [0.29, 0.717) is 24.1 Å². The first-order valence-corrected chi connectivity index (χ1v) is 32.1. The topological polar surface area (TPSA) is 94.1 Å². The Kier molecular flexibility index (Phi) is 54.6. The van der Waals surface area contributed by atoms with Gasteiger partial charge in [-0.2, -0.15) is 0 Å². The van der Waals surface area contributed by atoms with Gasteiger partial charge >= 0.3 is 5.97 Å². The van der Waals surface area contributed by atoms with Gasteiger partial charge < -0.3 is 27.9 Å². The first kappa shape index (κ1) is 70.9. The third-order valence-corrected chi connectivity index (χ3v) is 14.2. The van der Waals surface area contributed by atoms with Crippen molar-refractivity contribution in [2.45, 2.75) is 277 Å². The fourth-order valence-electron chi connectivity index (χ4n) is 8.61. The van der Waals surface area contributed by atoms with E-state index in [1.54, 1.807) is 0 Å². The third kappa shape index (κ3) is 60.7. The number of phosphoric ester groups is 1. The number of quaternary nitrogens is 1. The number of nitrogens with zero attached hydrogens (tertiary/aromatic N) is 1. The van der Waals surface area contributed by atoms with Crippen molar-refractivity contribution in [1.29, 1.82) is 0 Å². The molecule has 0 spiro atoms. The highest BCUT2D eigenvalue weighted by Crippen LogP contribution is 2.38. The van der Waals surface area contributed by atoms with E-state index in [9.17, 15) is 14.3 Å². The highest BCUT2D eigenvalue weighted by Gasteiger charge is 2.20. The molecule has 0 aromatic rings. The number of rotatable bonds is 57. The summed E-state index contributed by atoms with van der Waals surface area (Å²) < 4.78 is 34.9. The molecule has 8 nitrogen and oxygen atoms in total. The van der Waals surface area contributed by atoms with E-state index in [4.69, 9.17) is 18.5 Å². The van der Waals surface area contributed by atoms with Gasteiger partial charge in [-0.15, -0.1) is 0 Å². The molecule has 0 aromatic carbocycles. The molecule has 0 radical (unpaired) electrons. The predicted molar refractivity (Wildman–Crippen MR) is 314 cm³/mol. The highest BCUT2D eigenvalue weighted by molar-refractivity contribution is 7.45. The zero-order chi connectivity index (χ0) is 53.3. The number of hydrogen-bond donors (Lipinski definition) is 0. The van der Waals surface area contributed by atoms with Crippen LogP contribution in [0, 0.1) is 0 Å². The Labute approximate surface area is 453 Å². The van der Waals surface area contributed by atoms with E-state index in [1.165, 1.54) is 167 Å². The van der Waals surface area contributed by atoms with E-state index >= 15 is 0 Å². The molecule has 9 heteroatoms. The summed E-state index contributed by atoms with van der Waals surface area (Å²) in [5.41, 5.74) is 0. The zero-order valence-electron chi connectivity index (χ0n) is 48.6. The van der Waals surface area contributed by atoms with Crippen molar-refractivity contribution in [2.75, 3.05) is 54.1 Å². The van der Waals surface area contributed by atoms with Gasteiger partial charge in [-0.05, 0) is 64.2 Å². The summed E-state index contributed by atoms with van der Waals surface area (Å²) in [6.45, 7) is 5.32. The smallest absolute Gasteiger partial charge is 0.306 e. The summed E-state index contributed by atoms with van der Waals surface area (Å²) >= 11 is 0. The molecule has 0 N–H and O–H groups in total. The van der Waals surface area contributed by atoms with Crippen molar-refractivity contribution in [3.8, 4) is 0 Å². The lowest BCUT2D eigenvalue weighted by atomic mass is 10.0. The summed E-state index contributed by atoms with van der Waals surface area (Å²) in [6.07, 6.45) is 75.3. The molecular formula is C64H118NO7P. The Morgan fingerprint density at radius 3 is 1.19 bits per heavy atom. The fraction of sp³-hybridized carbons (Fsp3) is 0.797. The molecule has 0 aromatic heterocycles. The van der Waals surface area contributed by atoms with E-state index in [2.05, 4.69) is 86.8 Å². The quantitative estimate of drug-likeness (QED) is 0.0197. The maximum absolute atomic E-state index is 12.8. The number of esters is 1. The molecule has 0 heterocycles. The van der Waals surface area contributed by atoms with Crippen LogP contribution in [0.15, 0.2) is 72.9 Å². The minimum Gasteiger partial charge on any atom is -0.756 e. The lowest BCUT2D eigenvalue weighted by Crippen LogP contribution is -2.37. The van der Waals surface area contributed by atoms with Gasteiger partial charge in [0.15, 0.2) is 0 Å². The summed E-state index contributed by atoms with van der Waals surface area (Å²) in [7, 11) is 1.35. The lowest BCUT2D eigenvalue weighted by Gasteiger charge is -2.28. The number of carbonyl (C=O) groups is 1. The van der Waals surface area contributed by atoms with Crippen LogP contribution in [0.4, 0.5) is 0 Å². The summed E-state index contributed by atoms with van der Waals surface area (Å²) in [6, 6.07) is 0. The van der Waals surface area contributed by atoms with Crippen LogP contribution in [-0.4, -0.2) is 70.7 Å². The molecule has 2 unspecified atom stereocenters. The zero-order valence-corrected chi connectivity index (χ0v) is 49.5. The number of allylic oxidation sites excluding steroid dienone is 12. The minimum atomic E-state index is -4.54. The second-order valence-electron chi connectivity index (χ2n) is 21.7. The minimum absolute atomic E-state index is 0.0212. The molecule has 0 bridgehead atoms. The van der Waals surface area contributed by atoms with Crippen LogP contribution in [0.3, 0.4) is 0 Å². The number of likely N-dealkylation sites (N-methyl/N-ethyl adjacent to an activating group) is 1. The van der Waals surface area contributed by atoms with Crippen LogP contribution >= 0.6 is 7.82 Å². The van der Waals surface area contributed by atoms with Crippen LogP contribution in [0.2, 0.25) is 0 Å². The number of carbonyl (C=O) groups excluding carboxylic acids is 1. The second kappa shape index (κ2) is 56.2. The number of hydrogen-bond acceptors (Lipinski definition) is 7. The molecule has 0 aliphatic rings. The summed E-state index contributed by atoms with van der Waals surface area (Å²) in [4.78, 5) is 25.3. The molecule has 0 aliphatic heterocycles. The second-order valence-corrected chi connectivity index (χ2v) is 23.1. The van der Waals surface area contributed by atoms with Crippen molar-refractivity contribution in [3.63, 3.8) is 0 Å². The Hall–Kier alpha value is -2.06. The van der Waals surface area contributed by atoms with Gasteiger partial charge in [-0.25, -0.2) is 0 Å². The van der Waals surface area contributed by atoms with Gasteiger partial charge in [0.2, 0.25) is 0 Å². The van der Waals surface area contributed by atoms with Gasteiger partial charge in [-0.3, -0.25) is 9.36 Å². The molecule has 0 saturated carbocycles. The largest absolute Gasteiger partial charge is 0.756 e. The maximum Gasteiger partial charge on any atom is 0.306 e. The molecule has 2 atom stereocenters. The highest BCUT2D eigenvalue weighted by atomic mass is 31.2. The van der Waals surface area contributed by atoms with Gasteiger partial charge in [-0.1, -0.05) is 273 Å². The first-order valence-electron chi connectivity index (χ1n) is 30.7. The van der Waals surface area contributed by atoms with E-state index < -0.39 is 13.9 Å². The Morgan fingerprint density at radius 2 is 0.795 bits per heavy atom. The third-order valence-electron chi connectivity index (χ3n) is 13.3. The molecule has 0 saturated heterocycles. The number of phosphoric acid groups is 1. The molecule has 426 valence electrons. The maximum atomic E-state index is 12.8. The van der Waals surface area contributed by atoms with Crippen LogP contribution in [0.5, 0.6) is 0 Å². The molecule has 0 amide bonds. The first-order chi connectivity index (χ1) is 35.6. The average molecular weight is 1040 g/mol. The molecular weight excluding hydrogens is 926 g/mol. The standard InChI is InChI=1S/C64H118NO7P/c1-6-8-10-12-14-16-18-20-22-24-26-28-30-32-34-36-38-40-42-44-46-48-50-52-54-56-59-69-61-63(62-71-73(67,68)70-60-58-65(3,4)5)72-64(66)57-55-53-51-49-47-45-43-41-39-37-35-33-31-29-27-25-23-21-19-17-15-13-11-9-7-2/h9,11,15,17,21,23,27,29,33,35,39,41,63H,6-8,10,12-14,16,18-20,22,24-26,28,30-32,34,36-38,40,42-62H2,1-5H3/b11-9-,17-15-,23-21-,29-27-,35-33-,41-39-. The van der Waals surface area contributed by atoms with Crippen molar-refractivity contribution in [2.24, 2.45) is 0 Å². The van der Waals surface area contributed by atoms with Crippen molar-refractivity contribution in [3.05, 3.63) is 72.9 Å². The Balaban J connectivity index is 4.07. The van der Waals surface area contributed by atoms with Gasteiger partial charge in [0.25, 0.3) is 7.82 Å². The average Bonchev–Trinajstić information content (AvgIpc) is 3.35. The van der Waals surface area contributed by atoms with Crippen LogP contribution in [-0.2, 0) is 27.9 Å². The Bertz CT molecular complexity index is 1400. The molecule has 0 fully saturated rings. The van der Waals surface area contributed by atoms with Crippen molar-refractivity contribution < 1.29 is 37.3 Å². The van der Waals surface area contributed by atoms with E-state index in [0.717, 1.165) is 83.5 Å². The summed E-state index contributed by atoms with van der Waals surface area (Å²) in [5, 5.41) is 0. The van der Waals surface area contributed by atoms with E-state index in [-0.39, 0.29) is 25.8 Å². The van der Waals surface area contributed by atoms with E-state index in [1.807, 2.05) is 21.1 Å². The number of unbranched alkanes of at least 4 members (excludes halogenated alkanes) is 31. The molecule has 73 heavy (non-hydrogen) atoms. The Morgan fingerprint density at radius 1 is 0.438 bits per heavy atom. The van der Waals surface area contributed by atoms with Crippen molar-refractivity contribution >= 4 is 13.8 Å². The van der Waals surface area contributed by atoms with Crippen LogP contribution in [0.1, 0.15) is 271 Å². The predicted octanol–water partition coefficient (Wildman–Crippen LogP) is 19.1.